The first-order valence-electron chi connectivity index (χ1n) is 7.67. The minimum Gasteiger partial charge on any atom is -0.402 e. The van der Waals surface area contributed by atoms with Crippen molar-refractivity contribution >= 4 is 40.3 Å². The topological polar surface area (TPSA) is 38.7 Å². The van der Waals surface area contributed by atoms with Gasteiger partial charge in [-0.2, -0.15) is 0 Å². The average Bonchev–Trinajstić information content (AvgIpc) is 2.98. The highest BCUT2D eigenvalue weighted by Crippen LogP contribution is 2.26. The summed E-state index contributed by atoms with van der Waals surface area (Å²) in [5, 5.41) is 1.99. The minimum absolute atomic E-state index is 0.0147. The predicted octanol–water partition coefficient (Wildman–Crippen LogP) is 5.12. The Kier molecular flexibility index (Phi) is 4.01. The molecule has 4 rings (SSSR count). The molecule has 0 saturated carbocycles. The summed E-state index contributed by atoms with van der Waals surface area (Å²) in [6.45, 7) is 0. The number of cyclic esters (lactones) is 1. The number of hydrogen-bond donors (Lipinski definition) is 0. The molecule has 0 spiro atoms. The fourth-order valence-electron chi connectivity index (χ4n) is 2.67. The van der Waals surface area contributed by atoms with Crippen molar-refractivity contribution in [3.63, 3.8) is 0 Å². The number of benzene rings is 3. The number of fused-ring (bicyclic) bond motifs is 1. The van der Waals surface area contributed by atoms with Crippen molar-refractivity contribution in [3.8, 4) is 0 Å². The molecule has 0 amide bonds. The summed E-state index contributed by atoms with van der Waals surface area (Å²) < 4.78 is 31.7. The highest BCUT2D eigenvalue weighted by atomic mass is 35.5. The van der Waals surface area contributed by atoms with E-state index in [4.69, 9.17) is 16.3 Å². The molecule has 3 aromatic rings. The highest BCUT2D eigenvalue weighted by Gasteiger charge is 2.26. The maximum Gasteiger partial charge on any atom is 0.363 e. The summed E-state index contributed by atoms with van der Waals surface area (Å²) in [5.41, 5.74) is 0.828. The van der Waals surface area contributed by atoms with Gasteiger partial charge in [0, 0.05) is 0 Å². The van der Waals surface area contributed by atoms with Gasteiger partial charge in [0.05, 0.1) is 10.6 Å². The largest absolute Gasteiger partial charge is 0.402 e. The van der Waals surface area contributed by atoms with Gasteiger partial charge in [-0.25, -0.2) is 18.6 Å². The number of aliphatic imine (C=N–C) groups is 1. The Morgan fingerprint density at radius 1 is 0.962 bits per heavy atom. The van der Waals surface area contributed by atoms with Crippen LogP contribution in [0.1, 0.15) is 11.1 Å². The Labute approximate surface area is 152 Å². The molecule has 0 fully saturated rings. The van der Waals surface area contributed by atoms with Gasteiger partial charge in [-0.3, -0.25) is 0 Å². The molecule has 3 aromatic carbocycles. The van der Waals surface area contributed by atoms with Crippen molar-refractivity contribution in [2.45, 2.75) is 0 Å². The van der Waals surface area contributed by atoms with Crippen LogP contribution >= 0.6 is 11.6 Å². The Morgan fingerprint density at radius 2 is 1.69 bits per heavy atom. The summed E-state index contributed by atoms with van der Waals surface area (Å²) in [7, 11) is 0. The van der Waals surface area contributed by atoms with Crippen molar-refractivity contribution in [2.24, 2.45) is 4.99 Å². The van der Waals surface area contributed by atoms with Gasteiger partial charge in [0.25, 0.3) is 0 Å². The zero-order valence-corrected chi connectivity index (χ0v) is 13.9. The van der Waals surface area contributed by atoms with E-state index in [0.29, 0.717) is 0 Å². The molecule has 0 unspecified atom stereocenters. The van der Waals surface area contributed by atoms with Crippen molar-refractivity contribution in [3.05, 3.63) is 88.1 Å². The lowest BCUT2D eigenvalue weighted by atomic mass is 10.1. The van der Waals surface area contributed by atoms with E-state index in [1.165, 1.54) is 0 Å². The van der Waals surface area contributed by atoms with Crippen molar-refractivity contribution in [2.75, 3.05) is 0 Å². The summed E-state index contributed by atoms with van der Waals surface area (Å²) in [6, 6.07) is 15.2. The number of nitrogens with zero attached hydrogens (tertiary/aromatic N) is 1. The van der Waals surface area contributed by atoms with Gasteiger partial charge in [0.15, 0.2) is 17.3 Å². The van der Waals surface area contributed by atoms with Crippen LogP contribution in [0.15, 0.2) is 65.3 Å². The van der Waals surface area contributed by atoms with Crippen LogP contribution < -0.4 is 0 Å². The van der Waals surface area contributed by atoms with Crippen molar-refractivity contribution in [1.82, 2.24) is 0 Å². The number of carbonyl (C=O) groups is 1. The summed E-state index contributed by atoms with van der Waals surface area (Å²) in [4.78, 5) is 16.2. The molecule has 0 bridgehead atoms. The first kappa shape index (κ1) is 16.4. The lowest BCUT2D eigenvalue weighted by Gasteiger charge is -2.03. The predicted molar refractivity (Wildman–Crippen MR) is 95.9 cm³/mol. The van der Waals surface area contributed by atoms with E-state index >= 15 is 0 Å². The average molecular weight is 370 g/mol. The third kappa shape index (κ3) is 2.97. The summed E-state index contributed by atoms with van der Waals surface area (Å²) in [6.07, 6.45) is 1.57. The number of esters is 1. The second-order valence-corrected chi connectivity index (χ2v) is 6.10. The zero-order chi connectivity index (χ0) is 18.3. The molecular formula is C20H10ClF2NO2. The van der Waals surface area contributed by atoms with E-state index in [-0.39, 0.29) is 22.2 Å². The third-order valence-electron chi connectivity index (χ3n) is 3.94. The van der Waals surface area contributed by atoms with E-state index in [2.05, 4.69) is 4.99 Å². The van der Waals surface area contributed by atoms with Crippen molar-refractivity contribution < 1.29 is 18.3 Å². The Hall–Kier alpha value is -3.05. The SMILES string of the molecule is O=C1OC(c2cc(F)c(F)cc2Cl)=N/C1=C\c1ccc2ccccc2c1. The second-order valence-electron chi connectivity index (χ2n) is 5.69. The first-order valence-corrected chi connectivity index (χ1v) is 8.05. The molecule has 0 aliphatic carbocycles. The smallest absolute Gasteiger partial charge is 0.363 e. The molecule has 1 heterocycles. The number of ether oxygens (including phenoxy) is 1. The Bertz CT molecular complexity index is 1120. The van der Waals surface area contributed by atoms with Gasteiger partial charge in [-0.15, -0.1) is 0 Å². The van der Waals surface area contributed by atoms with E-state index in [1.54, 1.807) is 6.08 Å². The molecule has 0 atom stereocenters. The quantitative estimate of drug-likeness (QED) is 0.357. The van der Waals surface area contributed by atoms with Gasteiger partial charge in [-0.1, -0.05) is 48.0 Å². The van der Waals surface area contributed by atoms with Crippen LogP contribution in [0.3, 0.4) is 0 Å². The van der Waals surface area contributed by atoms with Gasteiger partial charge >= 0.3 is 5.97 Å². The van der Waals surface area contributed by atoms with Gasteiger partial charge in [0.2, 0.25) is 5.90 Å². The molecule has 0 N–H and O–H groups in total. The molecular weight excluding hydrogens is 360 g/mol. The van der Waals surface area contributed by atoms with Crippen LogP contribution in [0.25, 0.3) is 16.8 Å². The minimum atomic E-state index is -1.10. The van der Waals surface area contributed by atoms with Crippen LogP contribution in [-0.4, -0.2) is 11.9 Å². The van der Waals surface area contributed by atoms with E-state index < -0.39 is 17.6 Å². The van der Waals surface area contributed by atoms with Crippen LogP contribution in [0.2, 0.25) is 5.02 Å². The van der Waals surface area contributed by atoms with Crippen molar-refractivity contribution in [1.29, 1.82) is 0 Å². The van der Waals surface area contributed by atoms with E-state index in [9.17, 15) is 13.6 Å². The third-order valence-corrected chi connectivity index (χ3v) is 4.25. The molecule has 26 heavy (non-hydrogen) atoms. The fourth-order valence-corrected chi connectivity index (χ4v) is 2.90. The van der Waals surface area contributed by atoms with E-state index in [0.717, 1.165) is 28.5 Å². The maximum absolute atomic E-state index is 13.5. The number of halogens is 3. The molecule has 3 nitrogen and oxygen atoms in total. The standard InChI is InChI=1S/C20H10ClF2NO2/c21-15-10-17(23)16(22)9-14(15)19-24-18(20(25)26-19)8-11-5-6-12-3-1-2-4-13(12)7-11/h1-10H/b18-8-. The molecule has 128 valence electrons. The Morgan fingerprint density at radius 3 is 2.50 bits per heavy atom. The lowest BCUT2D eigenvalue weighted by Crippen LogP contribution is -2.07. The maximum atomic E-state index is 13.5. The van der Waals surface area contributed by atoms with Crippen LogP contribution in [0.4, 0.5) is 8.78 Å². The normalized spacial score (nSPS) is 15.4. The second kappa shape index (κ2) is 6.35. The number of hydrogen-bond acceptors (Lipinski definition) is 3. The summed E-state index contributed by atoms with van der Waals surface area (Å²) in [5.74, 6) is -3.04. The molecule has 1 aliphatic rings. The Balaban J connectivity index is 1.73. The first-order chi connectivity index (χ1) is 12.5. The molecule has 0 saturated heterocycles. The molecule has 0 aromatic heterocycles. The monoisotopic (exact) mass is 369 g/mol. The van der Waals surface area contributed by atoms with Crippen LogP contribution in [0.5, 0.6) is 0 Å². The zero-order valence-electron chi connectivity index (χ0n) is 13.2. The fraction of sp³-hybridized carbons (Fsp3) is 0. The van der Waals surface area contributed by atoms with Gasteiger partial charge in [-0.05, 0) is 40.6 Å². The molecule has 6 heteroatoms. The molecule has 0 radical (unpaired) electrons. The lowest BCUT2D eigenvalue weighted by molar-refractivity contribution is -0.129. The summed E-state index contributed by atoms with van der Waals surface area (Å²) >= 11 is 5.90. The van der Waals surface area contributed by atoms with E-state index in [1.807, 2.05) is 42.5 Å². The van der Waals surface area contributed by atoms with Gasteiger partial charge in [0.1, 0.15) is 0 Å². The molecule has 1 aliphatic heterocycles. The number of carbonyl (C=O) groups excluding carboxylic acids is 1. The number of rotatable bonds is 2. The van der Waals surface area contributed by atoms with Crippen LogP contribution in [-0.2, 0) is 9.53 Å². The highest BCUT2D eigenvalue weighted by molar-refractivity contribution is 6.34. The van der Waals surface area contributed by atoms with Crippen LogP contribution in [0, 0.1) is 11.6 Å². The van der Waals surface area contributed by atoms with Gasteiger partial charge < -0.3 is 4.74 Å².